The van der Waals surface area contributed by atoms with Crippen LogP contribution in [0.25, 0.3) is 0 Å². The van der Waals surface area contributed by atoms with Crippen molar-refractivity contribution < 1.29 is 40.1 Å². The first-order valence-corrected chi connectivity index (χ1v) is 3.39. The van der Waals surface area contributed by atoms with Gasteiger partial charge in [0, 0.05) is 6.54 Å². The fraction of sp³-hybridized carbons (Fsp3) is 0.333. The van der Waals surface area contributed by atoms with E-state index in [9.17, 15) is 0 Å². The Morgan fingerprint density at radius 1 is 1.33 bits per heavy atom. The molecule has 1 rings (SSSR count). The normalized spacial score (nSPS) is 8.58. The molecular formula is C9H12ClHgN. The number of nitrogens with zero attached hydrogens (tertiary/aromatic N) is 1. The van der Waals surface area contributed by atoms with Crippen molar-refractivity contribution in [3.05, 3.63) is 35.9 Å². The Hall–Kier alpha value is 0.405. The van der Waals surface area contributed by atoms with E-state index in [0.29, 0.717) is 0 Å². The van der Waals surface area contributed by atoms with Crippen LogP contribution in [0, 0.1) is 6.07 Å². The van der Waals surface area contributed by atoms with Gasteiger partial charge in [0.05, 0.1) is 0 Å². The molecule has 0 bridgehead atoms. The first kappa shape index (κ1) is 14.9. The fourth-order valence-corrected chi connectivity index (χ4v) is 0.870. The van der Waals surface area contributed by atoms with Gasteiger partial charge < -0.3 is 17.3 Å². The molecule has 0 fully saturated rings. The van der Waals surface area contributed by atoms with Crippen LogP contribution in [0.5, 0.6) is 0 Å². The molecule has 0 unspecified atom stereocenters. The van der Waals surface area contributed by atoms with E-state index < -0.39 is 0 Å². The SMILES string of the molecule is CN(C)Cc1[c]cccc1.[Cl-].[Hg+]. The average molecular weight is 370 g/mol. The second-order valence-corrected chi connectivity index (χ2v) is 2.63. The summed E-state index contributed by atoms with van der Waals surface area (Å²) in [4.78, 5) is 2.13. The van der Waals surface area contributed by atoms with Crippen LogP contribution in [0.3, 0.4) is 0 Å². The van der Waals surface area contributed by atoms with E-state index >= 15 is 0 Å². The Labute approximate surface area is 101 Å². The molecule has 0 aliphatic carbocycles. The Morgan fingerprint density at radius 3 is 2.42 bits per heavy atom. The second-order valence-electron chi connectivity index (χ2n) is 2.63. The molecule has 0 amide bonds. The van der Waals surface area contributed by atoms with Crippen LogP contribution in [0.15, 0.2) is 24.3 Å². The standard InChI is InChI=1S/C9H12N.ClH.Hg/c1-10(2)8-9-6-4-3-5-7-9;;/h3-6H,8H2,1-2H3;1H;/q;;+1/p-1. The van der Waals surface area contributed by atoms with Gasteiger partial charge in [-0.1, -0.05) is 24.3 Å². The van der Waals surface area contributed by atoms with Crippen LogP contribution < -0.4 is 12.4 Å². The van der Waals surface area contributed by atoms with Crippen LogP contribution in [-0.2, 0) is 34.2 Å². The zero-order valence-electron chi connectivity index (χ0n) is 7.55. The summed E-state index contributed by atoms with van der Waals surface area (Å²) < 4.78 is 0. The minimum absolute atomic E-state index is 0. The number of hydrogen-bond donors (Lipinski definition) is 0. The smallest absolute Gasteiger partial charge is 1.00 e. The first-order valence-electron chi connectivity index (χ1n) is 3.39. The van der Waals surface area contributed by atoms with Crippen molar-refractivity contribution >= 4 is 0 Å². The summed E-state index contributed by atoms with van der Waals surface area (Å²) in [7, 11) is 4.11. The Balaban J connectivity index is 0. The number of rotatable bonds is 2. The molecule has 0 aliphatic heterocycles. The van der Waals surface area contributed by atoms with E-state index in [0.717, 1.165) is 6.54 Å². The molecule has 0 saturated heterocycles. The van der Waals surface area contributed by atoms with Gasteiger partial charge in [-0.25, -0.2) is 0 Å². The molecular weight excluding hydrogens is 358 g/mol. The van der Waals surface area contributed by atoms with Gasteiger partial charge >= 0.3 is 27.7 Å². The molecule has 0 heterocycles. The van der Waals surface area contributed by atoms with Gasteiger partial charge in [-0.15, -0.1) is 0 Å². The molecule has 0 N–H and O–H groups in total. The molecule has 0 aliphatic rings. The Kier molecular flexibility index (Phi) is 9.97. The third-order valence-electron chi connectivity index (χ3n) is 1.26. The van der Waals surface area contributed by atoms with E-state index in [1.807, 2.05) is 18.2 Å². The third kappa shape index (κ3) is 5.98. The van der Waals surface area contributed by atoms with Crippen molar-refractivity contribution in [2.24, 2.45) is 0 Å². The second kappa shape index (κ2) is 8.02. The summed E-state index contributed by atoms with van der Waals surface area (Å²) in [6.07, 6.45) is 0. The zero-order chi connectivity index (χ0) is 7.40. The number of benzene rings is 1. The van der Waals surface area contributed by atoms with Gasteiger partial charge in [-0.3, -0.25) is 0 Å². The Bertz CT molecular complexity index is 189. The molecule has 0 saturated carbocycles. The first-order chi connectivity index (χ1) is 4.79. The molecule has 62 valence electrons. The quantitative estimate of drug-likeness (QED) is 0.576. The van der Waals surface area contributed by atoms with E-state index in [1.165, 1.54) is 5.56 Å². The summed E-state index contributed by atoms with van der Waals surface area (Å²) in [5, 5.41) is 0. The molecule has 1 aromatic carbocycles. The van der Waals surface area contributed by atoms with Gasteiger partial charge in [-0.05, 0) is 25.7 Å². The summed E-state index contributed by atoms with van der Waals surface area (Å²) >= 11 is 0. The monoisotopic (exact) mass is 371 g/mol. The van der Waals surface area contributed by atoms with Gasteiger partial charge in [-0.2, -0.15) is 0 Å². The average Bonchev–Trinajstić information content (AvgIpc) is 1.88. The number of hydrogen-bond acceptors (Lipinski definition) is 1. The van der Waals surface area contributed by atoms with Crippen molar-refractivity contribution in [3.63, 3.8) is 0 Å². The minimum Gasteiger partial charge on any atom is -1.00 e. The Morgan fingerprint density at radius 2 is 2.00 bits per heavy atom. The minimum atomic E-state index is 0. The van der Waals surface area contributed by atoms with Crippen LogP contribution in [0.1, 0.15) is 5.56 Å². The van der Waals surface area contributed by atoms with Crippen LogP contribution in [0.2, 0.25) is 0 Å². The molecule has 3 heteroatoms. The number of halogens is 1. The van der Waals surface area contributed by atoms with Crippen molar-refractivity contribution in [2.45, 2.75) is 6.54 Å². The van der Waals surface area contributed by atoms with Crippen LogP contribution >= 0.6 is 0 Å². The fourth-order valence-electron chi connectivity index (χ4n) is 0.870. The predicted octanol–water partition coefficient (Wildman–Crippen LogP) is -1.45. The van der Waals surface area contributed by atoms with Gasteiger partial charge in [0.1, 0.15) is 0 Å². The van der Waals surface area contributed by atoms with Gasteiger partial charge in [0.15, 0.2) is 0 Å². The molecule has 0 aromatic heterocycles. The van der Waals surface area contributed by atoms with E-state index in [1.54, 1.807) is 0 Å². The van der Waals surface area contributed by atoms with Crippen molar-refractivity contribution in [1.82, 2.24) is 4.90 Å². The van der Waals surface area contributed by atoms with Crippen LogP contribution in [-0.4, -0.2) is 19.0 Å². The molecule has 1 nitrogen and oxygen atoms in total. The maximum Gasteiger partial charge on any atom is 1.00 e. The molecule has 12 heavy (non-hydrogen) atoms. The zero-order valence-corrected chi connectivity index (χ0v) is 13.8. The van der Waals surface area contributed by atoms with Crippen molar-refractivity contribution in [1.29, 1.82) is 0 Å². The summed E-state index contributed by atoms with van der Waals surface area (Å²) in [6, 6.07) is 11.2. The van der Waals surface area contributed by atoms with E-state index in [4.69, 9.17) is 0 Å². The molecule has 2 radical (unpaired) electrons. The van der Waals surface area contributed by atoms with Gasteiger partial charge in [0.2, 0.25) is 0 Å². The summed E-state index contributed by atoms with van der Waals surface area (Å²) in [5.74, 6) is 0. The van der Waals surface area contributed by atoms with E-state index in [2.05, 4.69) is 31.1 Å². The van der Waals surface area contributed by atoms with Crippen LogP contribution in [0.4, 0.5) is 0 Å². The van der Waals surface area contributed by atoms with Crippen molar-refractivity contribution in [2.75, 3.05) is 14.1 Å². The maximum atomic E-state index is 3.16. The maximum absolute atomic E-state index is 3.16. The summed E-state index contributed by atoms with van der Waals surface area (Å²) in [6.45, 7) is 0.973. The third-order valence-corrected chi connectivity index (χ3v) is 1.26. The summed E-state index contributed by atoms with van der Waals surface area (Å²) in [5.41, 5.74) is 1.24. The predicted molar refractivity (Wildman–Crippen MR) is 42.7 cm³/mol. The van der Waals surface area contributed by atoms with Crippen molar-refractivity contribution in [3.8, 4) is 0 Å². The molecule has 0 atom stereocenters. The molecule has 1 aromatic rings. The molecule has 0 spiro atoms. The van der Waals surface area contributed by atoms with Gasteiger partial charge in [0.25, 0.3) is 0 Å². The van der Waals surface area contributed by atoms with E-state index in [-0.39, 0.29) is 40.1 Å². The topological polar surface area (TPSA) is 3.24 Å². The largest absolute Gasteiger partial charge is 1.00 e.